The highest BCUT2D eigenvalue weighted by Gasteiger charge is 2.33. The molecule has 0 aromatic rings. The normalized spacial score (nSPS) is 28.1. The minimum absolute atomic E-state index is 0.157. The van der Waals surface area contributed by atoms with Gasteiger partial charge in [0.2, 0.25) is 0 Å². The average Bonchev–Trinajstić information content (AvgIpc) is 3.31. The molecule has 7 nitrogen and oxygen atoms in total. The van der Waals surface area contributed by atoms with Crippen LogP contribution in [0.5, 0.6) is 0 Å². The van der Waals surface area contributed by atoms with Gasteiger partial charge in [-0.15, -0.1) is 0 Å². The second kappa shape index (κ2) is 12.1. The maximum Gasteiger partial charge on any atom is 0.194 e. The predicted molar refractivity (Wildman–Crippen MR) is 117 cm³/mol. The maximum absolute atomic E-state index is 6.04. The molecule has 0 aliphatic carbocycles. The van der Waals surface area contributed by atoms with Gasteiger partial charge in [-0.3, -0.25) is 9.89 Å². The zero-order chi connectivity index (χ0) is 20.5. The third kappa shape index (κ3) is 6.29. The molecule has 0 aromatic heterocycles. The Bertz CT molecular complexity index is 488. The fourth-order valence-corrected chi connectivity index (χ4v) is 4.90. The molecule has 0 bridgehead atoms. The fourth-order valence-electron chi connectivity index (χ4n) is 4.90. The Morgan fingerprint density at radius 3 is 2.41 bits per heavy atom. The van der Waals surface area contributed by atoms with Crippen LogP contribution in [0.3, 0.4) is 0 Å². The Balaban J connectivity index is 1.68. The van der Waals surface area contributed by atoms with Crippen LogP contribution in [0.15, 0.2) is 4.99 Å². The fraction of sp³-hybridized carbons (Fsp3) is 0.955. The molecule has 3 rings (SSSR count). The molecule has 0 saturated carbocycles. The predicted octanol–water partition coefficient (Wildman–Crippen LogP) is 1.97. The van der Waals surface area contributed by atoms with E-state index in [1.54, 1.807) is 0 Å². The summed E-state index contributed by atoms with van der Waals surface area (Å²) in [5, 5.41) is 3.53. The largest absolute Gasteiger partial charge is 0.379 e. The minimum atomic E-state index is 0.157. The zero-order valence-corrected chi connectivity index (χ0v) is 18.8. The van der Waals surface area contributed by atoms with Crippen molar-refractivity contribution < 1.29 is 14.2 Å². The van der Waals surface area contributed by atoms with Gasteiger partial charge >= 0.3 is 0 Å². The standard InChI is InChI=1S/C22H42N4O3/c1-4-18(5-2)19(25-9-13-27-14-10-25)16-24-22(23-6-3)26-11-15-29-21(17-26)20-8-7-12-28-20/h18-21H,4-17H2,1-3H3,(H,23,24). The lowest BCUT2D eigenvalue weighted by Crippen LogP contribution is -2.54. The number of morpholine rings is 2. The van der Waals surface area contributed by atoms with Crippen molar-refractivity contribution in [3.05, 3.63) is 0 Å². The molecule has 3 fully saturated rings. The van der Waals surface area contributed by atoms with E-state index in [1.807, 2.05) is 0 Å². The first-order chi connectivity index (χ1) is 14.3. The van der Waals surface area contributed by atoms with Crippen molar-refractivity contribution in [2.24, 2.45) is 10.9 Å². The number of hydrogen-bond acceptors (Lipinski definition) is 5. The van der Waals surface area contributed by atoms with E-state index in [9.17, 15) is 0 Å². The summed E-state index contributed by atoms with van der Waals surface area (Å²) in [6, 6.07) is 0.484. The summed E-state index contributed by atoms with van der Waals surface area (Å²) in [5.74, 6) is 1.70. The van der Waals surface area contributed by atoms with E-state index in [-0.39, 0.29) is 12.2 Å². The van der Waals surface area contributed by atoms with Crippen LogP contribution in [0.25, 0.3) is 0 Å². The third-order valence-corrected chi connectivity index (χ3v) is 6.64. The van der Waals surface area contributed by atoms with Crippen molar-refractivity contribution in [3.63, 3.8) is 0 Å². The zero-order valence-electron chi connectivity index (χ0n) is 18.8. The van der Waals surface area contributed by atoms with Crippen LogP contribution in [-0.2, 0) is 14.2 Å². The second-order valence-electron chi connectivity index (χ2n) is 8.39. The molecule has 0 spiro atoms. The van der Waals surface area contributed by atoms with Gasteiger partial charge in [0.05, 0.1) is 32.5 Å². The van der Waals surface area contributed by atoms with Gasteiger partial charge in [0, 0.05) is 45.4 Å². The molecule has 168 valence electrons. The summed E-state index contributed by atoms with van der Waals surface area (Å²) in [4.78, 5) is 10.1. The molecule has 3 saturated heterocycles. The van der Waals surface area contributed by atoms with Crippen molar-refractivity contribution in [3.8, 4) is 0 Å². The summed E-state index contributed by atoms with van der Waals surface area (Å²) in [7, 11) is 0. The van der Waals surface area contributed by atoms with Crippen LogP contribution >= 0.6 is 0 Å². The van der Waals surface area contributed by atoms with Crippen LogP contribution in [0.2, 0.25) is 0 Å². The molecule has 3 unspecified atom stereocenters. The Hall–Kier alpha value is -0.890. The quantitative estimate of drug-likeness (QED) is 0.488. The molecule has 0 amide bonds. The highest BCUT2D eigenvalue weighted by atomic mass is 16.5. The first-order valence-electron chi connectivity index (χ1n) is 11.8. The second-order valence-corrected chi connectivity index (χ2v) is 8.39. The number of hydrogen-bond donors (Lipinski definition) is 1. The number of aliphatic imine (C=N–C) groups is 1. The Labute approximate surface area is 177 Å². The SMILES string of the molecule is CCNC(=NCC(C(CC)CC)N1CCOCC1)N1CCOC(C2CCCO2)C1. The lowest BCUT2D eigenvalue weighted by molar-refractivity contribution is -0.0817. The summed E-state index contributed by atoms with van der Waals surface area (Å²) < 4.78 is 17.5. The van der Waals surface area contributed by atoms with Gasteiger partial charge in [0.1, 0.15) is 6.10 Å². The molecule has 3 aliphatic heterocycles. The smallest absolute Gasteiger partial charge is 0.194 e. The first kappa shape index (κ1) is 22.8. The first-order valence-corrected chi connectivity index (χ1v) is 11.8. The lowest BCUT2D eigenvalue weighted by Gasteiger charge is -2.39. The third-order valence-electron chi connectivity index (χ3n) is 6.64. The van der Waals surface area contributed by atoms with Gasteiger partial charge in [0.25, 0.3) is 0 Å². The van der Waals surface area contributed by atoms with Crippen molar-refractivity contribution in [1.82, 2.24) is 15.1 Å². The van der Waals surface area contributed by atoms with Crippen molar-refractivity contribution in [2.75, 3.05) is 65.7 Å². The molecule has 29 heavy (non-hydrogen) atoms. The highest BCUT2D eigenvalue weighted by molar-refractivity contribution is 5.80. The van der Waals surface area contributed by atoms with E-state index in [0.717, 1.165) is 84.5 Å². The number of rotatable bonds is 8. The number of nitrogens with one attached hydrogen (secondary N) is 1. The number of guanidine groups is 1. The van der Waals surface area contributed by atoms with Crippen LogP contribution in [0.1, 0.15) is 46.5 Å². The molecule has 0 aromatic carbocycles. The molecule has 0 radical (unpaired) electrons. The van der Waals surface area contributed by atoms with E-state index < -0.39 is 0 Å². The molecule has 3 aliphatic rings. The van der Waals surface area contributed by atoms with Gasteiger partial charge in [-0.05, 0) is 25.7 Å². The molecule has 7 heteroatoms. The van der Waals surface area contributed by atoms with Gasteiger partial charge in [-0.1, -0.05) is 26.7 Å². The Kier molecular flexibility index (Phi) is 9.49. The van der Waals surface area contributed by atoms with E-state index >= 15 is 0 Å². The number of ether oxygens (including phenoxy) is 3. The molecular weight excluding hydrogens is 368 g/mol. The Morgan fingerprint density at radius 2 is 1.76 bits per heavy atom. The van der Waals surface area contributed by atoms with Crippen LogP contribution < -0.4 is 5.32 Å². The van der Waals surface area contributed by atoms with Gasteiger partial charge in [-0.25, -0.2) is 0 Å². The maximum atomic E-state index is 6.04. The average molecular weight is 411 g/mol. The summed E-state index contributed by atoms with van der Waals surface area (Å²) in [6.07, 6.45) is 5.05. The lowest BCUT2D eigenvalue weighted by atomic mass is 9.92. The van der Waals surface area contributed by atoms with E-state index in [4.69, 9.17) is 19.2 Å². The van der Waals surface area contributed by atoms with Crippen molar-refractivity contribution >= 4 is 5.96 Å². The van der Waals surface area contributed by atoms with Crippen LogP contribution in [0.4, 0.5) is 0 Å². The van der Waals surface area contributed by atoms with Crippen LogP contribution in [0, 0.1) is 5.92 Å². The number of nitrogens with zero attached hydrogens (tertiary/aromatic N) is 3. The minimum Gasteiger partial charge on any atom is -0.379 e. The Morgan fingerprint density at radius 1 is 1.00 bits per heavy atom. The van der Waals surface area contributed by atoms with E-state index in [0.29, 0.717) is 12.0 Å². The highest BCUT2D eigenvalue weighted by Crippen LogP contribution is 2.22. The van der Waals surface area contributed by atoms with Gasteiger partial charge < -0.3 is 24.4 Å². The molecular formula is C22H42N4O3. The van der Waals surface area contributed by atoms with E-state index in [2.05, 4.69) is 35.9 Å². The molecule has 3 atom stereocenters. The van der Waals surface area contributed by atoms with Gasteiger partial charge in [-0.2, -0.15) is 0 Å². The molecule has 3 heterocycles. The van der Waals surface area contributed by atoms with Crippen LogP contribution in [-0.4, -0.2) is 99.7 Å². The van der Waals surface area contributed by atoms with Crippen molar-refractivity contribution in [1.29, 1.82) is 0 Å². The van der Waals surface area contributed by atoms with Crippen molar-refractivity contribution in [2.45, 2.75) is 64.7 Å². The summed E-state index contributed by atoms with van der Waals surface area (Å²) >= 11 is 0. The van der Waals surface area contributed by atoms with Gasteiger partial charge in [0.15, 0.2) is 5.96 Å². The monoisotopic (exact) mass is 410 g/mol. The topological polar surface area (TPSA) is 58.6 Å². The van der Waals surface area contributed by atoms with E-state index in [1.165, 1.54) is 12.8 Å². The molecule has 1 N–H and O–H groups in total. The summed E-state index contributed by atoms with van der Waals surface area (Å²) in [6.45, 7) is 15.6. The summed E-state index contributed by atoms with van der Waals surface area (Å²) in [5.41, 5.74) is 0.